The Balaban J connectivity index is 0.000000252. The highest BCUT2D eigenvalue weighted by atomic mass is 16.7. The minimum absolute atomic E-state index is 0.105. The van der Waals surface area contributed by atoms with Gasteiger partial charge < -0.3 is 21.7 Å². The Morgan fingerprint density at radius 3 is 0.932 bits per heavy atom. The SMILES string of the molecule is Nc1cc(N)c(/C=C/c2ccccc2)c([N+](=O)[O-])c1/C=C/c1ccccc1.O=[N+]([O-])c1cc([N+](=O)[O-])c(O)c([N+](=O)[O-])c1.O=[N+]([O-])c1cc([N+](=O)[O-])c(O)c([N+](=O)[O-])c1. The highest BCUT2D eigenvalue weighted by Crippen LogP contribution is 2.40. The molecule has 0 atom stereocenters. The molecule has 5 rings (SSSR count). The summed E-state index contributed by atoms with van der Waals surface area (Å²) in [6.07, 6.45) is 6.89. The first-order valence-corrected chi connectivity index (χ1v) is 15.7. The van der Waals surface area contributed by atoms with Crippen LogP contribution in [0, 0.1) is 70.8 Å². The Hall–Kier alpha value is -9.42. The molecular weight excluding hydrogens is 790 g/mol. The topological polar surface area (TPSA) is 394 Å². The van der Waals surface area contributed by atoms with Crippen molar-refractivity contribution in [2.24, 2.45) is 0 Å². The second kappa shape index (κ2) is 19.3. The van der Waals surface area contributed by atoms with Crippen LogP contribution in [0.15, 0.2) is 91.0 Å². The van der Waals surface area contributed by atoms with Gasteiger partial charge in [-0.2, -0.15) is 0 Å². The van der Waals surface area contributed by atoms with Crippen LogP contribution in [0.25, 0.3) is 24.3 Å². The first kappa shape index (κ1) is 44.0. The molecule has 25 nitrogen and oxygen atoms in total. The van der Waals surface area contributed by atoms with E-state index in [-0.39, 0.29) is 17.1 Å². The zero-order chi connectivity index (χ0) is 44.1. The van der Waals surface area contributed by atoms with E-state index in [2.05, 4.69) is 0 Å². The predicted octanol–water partition coefficient (Wildman–Crippen LogP) is 7.33. The van der Waals surface area contributed by atoms with E-state index >= 15 is 0 Å². The average Bonchev–Trinajstić information content (AvgIpc) is 3.17. The average molecular weight is 816 g/mol. The maximum Gasteiger partial charge on any atom is 0.324 e. The lowest BCUT2D eigenvalue weighted by Crippen LogP contribution is -2.03. The quantitative estimate of drug-likeness (QED) is 0.0438. The van der Waals surface area contributed by atoms with Crippen LogP contribution >= 0.6 is 0 Å². The van der Waals surface area contributed by atoms with Crippen LogP contribution < -0.4 is 11.5 Å². The van der Waals surface area contributed by atoms with Crippen LogP contribution in [-0.2, 0) is 0 Å². The Kier molecular flexibility index (Phi) is 14.4. The summed E-state index contributed by atoms with van der Waals surface area (Å²) in [7, 11) is 0. The second-order valence-electron chi connectivity index (χ2n) is 11.2. The first-order valence-electron chi connectivity index (χ1n) is 15.7. The third-order valence-electron chi connectivity index (χ3n) is 7.43. The smallest absolute Gasteiger partial charge is 0.324 e. The number of non-ortho nitro benzene ring substituents is 2. The monoisotopic (exact) mass is 815 g/mol. The minimum Gasteiger partial charge on any atom is -0.497 e. The molecule has 0 aliphatic rings. The van der Waals surface area contributed by atoms with Crippen molar-refractivity contribution in [3.8, 4) is 11.5 Å². The van der Waals surface area contributed by atoms with Crippen molar-refractivity contribution in [3.63, 3.8) is 0 Å². The fraction of sp³-hybridized carbons (Fsp3) is 0. The van der Waals surface area contributed by atoms with Gasteiger partial charge in [-0.15, -0.1) is 0 Å². The zero-order valence-corrected chi connectivity index (χ0v) is 29.4. The molecule has 302 valence electrons. The van der Waals surface area contributed by atoms with Crippen molar-refractivity contribution in [2.45, 2.75) is 0 Å². The van der Waals surface area contributed by atoms with Crippen LogP contribution in [0.4, 0.5) is 51.2 Å². The largest absolute Gasteiger partial charge is 0.497 e. The summed E-state index contributed by atoms with van der Waals surface area (Å²) in [6, 6.07) is 22.4. The number of nitro benzene ring substituents is 7. The number of nitrogen functional groups attached to an aromatic ring is 2. The Morgan fingerprint density at radius 1 is 0.407 bits per heavy atom. The number of anilines is 2. The number of hydrogen-bond donors (Lipinski definition) is 4. The van der Waals surface area contributed by atoms with Gasteiger partial charge in [-0.25, -0.2) is 0 Å². The van der Waals surface area contributed by atoms with Gasteiger partial charge in [0, 0.05) is 11.4 Å². The summed E-state index contributed by atoms with van der Waals surface area (Å²) in [5, 5.41) is 92.2. The highest BCUT2D eigenvalue weighted by molar-refractivity contribution is 5.91. The first-order chi connectivity index (χ1) is 27.7. The lowest BCUT2D eigenvalue weighted by Gasteiger charge is -2.09. The van der Waals surface area contributed by atoms with Crippen molar-refractivity contribution in [2.75, 3.05) is 11.5 Å². The summed E-state index contributed by atoms with van der Waals surface area (Å²) in [4.78, 5) is 66.9. The third kappa shape index (κ3) is 11.3. The molecule has 0 fully saturated rings. The fourth-order valence-corrected chi connectivity index (χ4v) is 4.72. The molecule has 5 aromatic carbocycles. The zero-order valence-electron chi connectivity index (χ0n) is 29.4. The molecule has 6 N–H and O–H groups in total. The maximum absolute atomic E-state index is 11.8. The van der Waals surface area contributed by atoms with E-state index in [1.54, 1.807) is 30.4 Å². The van der Waals surface area contributed by atoms with E-state index in [0.29, 0.717) is 35.4 Å². The number of aromatic hydroxyl groups is 2. The molecule has 0 amide bonds. The minimum atomic E-state index is -1.21. The third-order valence-corrected chi connectivity index (χ3v) is 7.43. The fourth-order valence-electron chi connectivity index (χ4n) is 4.72. The molecule has 25 heteroatoms. The molecule has 0 heterocycles. The number of nitrogens with two attached hydrogens (primary N) is 2. The number of benzene rings is 5. The van der Waals surface area contributed by atoms with Crippen LogP contribution in [0.3, 0.4) is 0 Å². The Bertz CT molecular complexity index is 2310. The Labute approximate surface area is 327 Å². The second-order valence-corrected chi connectivity index (χ2v) is 11.2. The van der Waals surface area contributed by atoms with Crippen molar-refractivity contribution in [1.82, 2.24) is 0 Å². The number of phenols is 2. The van der Waals surface area contributed by atoms with Crippen molar-refractivity contribution >= 4 is 75.5 Å². The Morgan fingerprint density at radius 2 is 0.695 bits per heavy atom. The number of phenolic OH excluding ortho intramolecular Hbond substituents is 2. The van der Waals surface area contributed by atoms with Gasteiger partial charge in [0.25, 0.3) is 28.6 Å². The van der Waals surface area contributed by atoms with E-state index in [1.165, 1.54) is 0 Å². The summed E-state index contributed by atoms with van der Waals surface area (Å²) in [6.45, 7) is 0. The van der Waals surface area contributed by atoms with Gasteiger partial charge in [0.05, 0.1) is 69.9 Å². The molecule has 59 heavy (non-hydrogen) atoms. The summed E-state index contributed by atoms with van der Waals surface area (Å²) in [5.74, 6) is -2.42. The number of rotatable bonds is 11. The number of nitrogens with zero attached hydrogens (tertiary/aromatic N) is 7. The van der Waals surface area contributed by atoms with Crippen molar-refractivity contribution in [1.29, 1.82) is 0 Å². The van der Waals surface area contributed by atoms with E-state index < -0.39 is 80.1 Å². The van der Waals surface area contributed by atoms with Crippen molar-refractivity contribution in [3.05, 3.63) is 184 Å². The van der Waals surface area contributed by atoms with Gasteiger partial charge in [-0.05, 0) is 29.3 Å². The van der Waals surface area contributed by atoms with Crippen LogP contribution in [-0.4, -0.2) is 44.7 Å². The lowest BCUT2D eigenvalue weighted by molar-refractivity contribution is -0.404. The normalized spacial score (nSPS) is 10.4. The molecule has 5 aromatic rings. The van der Waals surface area contributed by atoms with Crippen LogP contribution in [0.5, 0.6) is 11.5 Å². The summed E-state index contributed by atoms with van der Waals surface area (Å²) >= 11 is 0. The molecule has 0 saturated heterocycles. The van der Waals surface area contributed by atoms with E-state index in [4.69, 9.17) is 21.7 Å². The van der Waals surface area contributed by atoms with E-state index in [0.717, 1.165) is 11.1 Å². The van der Waals surface area contributed by atoms with Gasteiger partial charge in [0.2, 0.25) is 0 Å². The molecule has 0 radical (unpaired) electrons. The highest BCUT2D eigenvalue weighted by Gasteiger charge is 2.31. The predicted molar refractivity (Wildman–Crippen MR) is 209 cm³/mol. The van der Waals surface area contributed by atoms with Gasteiger partial charge in [0.15, 0.2) is 0 Å². The molecule has 0 aromatic heterocycles. The van der Waals surface area contributed by atoms with Crippen LogP contribution in [0.2, 0.25) is 0 Å². The van der Waals surface area contributed by atoms with Gasteiger partial charge in [0.1, 0.15) is 0 Å². The molecular formula is C34H25N9O16. The molecule has 0 unspecified atom stereocenters. The standard InChI is InChI=1S/C22H19N3O2.2C6H3N3O7/c23-20-15-21(24)19(14-12-17-9-5-2-6-10-17)22(25(26)27)18(20)13-11-16-7-3-1-4-8-16;2*10-6-4(8(13)14)1-3(7(11)12)2-5(6)9(15)16/h1-15H,23-24H2;2*1-2,10H/b13-11+,14-12+;;. The maximum atomic E-state index is 11.8. The van der Waals surface area contributed by atoms with Gasteiger partial charge >= 0.3 is 22.7 Å². The van der Waals surface area contributed by atoms with Gasteiger partial charge in [-0.3, -0.25) is 70.8 Å². The molecule has 0 saturated carbocycles. The number of hydrogen-bond acceptors (Lipinski definition) is 18. The molecule has 0 aliphatic heterocycles. The lowest BCUT2D eigenvalue weighted by atomic mass is 10.0. The molecule has 0 bridgehead atoms. The van der Waals surface area contributed by atoms with E-state index in [1.807, 2.05) is 60.7 Å². The van der Waals surface area contributed by atoms with Crippen molar-refractivity contribution < 1.29 is 44.7 Å². The molecule has 0 aliphatic carbocycles. The molecule has 0 spiro atoms. The van der Waals surface area contributed by atoms with Gasteiger partial charge in [-0.1, -0.05) is 72.8 Å². The van der Waals surface area contributed by atoms with Crippen LogP contribution in [0.1, 0.15) is 22.3 Å². The summed E-state index contributed by atoms with van der Waals surface area (Å²) < 4.78 is 0. The van der Waals surface area contributed by atoms with E-state index in [9.17, 15) is 70.8 Å². The number of nitro groups is 7. The summed E-state index contributed by atoms with van der Waals surface area (Å²) in [5.41, 5.74) is 9.03.